The number of carbonyl (C=O) groups excluding carboxylic acids is 2. The third kappa shape index (κ3) is 5.53. The molecule has 1 aromatic rings. The fourth-order valence-corrected chi connectivity index (χ4v) is 1.85. The monoisotopic (exact) mass is 293 g/mol. The quantitative estimate of drug-likeness (QED) is 0.732. The Morgan fingerprint density at radius 3 is 2.52 bits per heavy atom. The Morgan fingerprint density at radius 1 is 1.29 bits per heavy atom. The molecule has 0 radical (unpaired) electrons. The number of methoxy groups -OCH3 is 1. The summed E-state index contributed by atoms with van der Waals surface area (Å²) in [6, 6.07) is 7.43. The number of amides is 1. The number of nitrogens with two attached hydrogens (primary N) is 1. The molecule has 0 aromatic heterocycles. The minimum atomic E-state index is -0.362. The van der Waals surface area contributed by atoms with Crippen LogP contribution in [0, 0.1) is 0 Å². The molecule has 0 bridgehead atoms. The van der Waals surface area contributed by atoms with Gasteiger partial charge in [0, 0.05) is 18.3 Å². The summed E-state index contributed by atoms with van der Waals surface area (Å²) in [5.74, 6) is -0.549. The van der Waals surface area contributed by atoms with Crippen molar-refractivity contribution in [1.82, 2.24) is 4.90 Å². The molecule has 21 heavy (non-hydrogen) atoms. The van der Waals surface area contributed by atoms with E-state index in [2.05, 4.69) is 10.1 Å². The second kappa shape index (κ2) is 8.39. The molecule has 0 saturated carbocycles. The number of ether oxygens (including phenoxy) is 1. The SMILES string of the molecule is COC(=O)CN(CC(=O)Nc1ccccc1CN)C(C)C. The van der Waals surface area contributed by atoms with E-state index < -0.39 is 0 Å². The second-order valence-electron chi connectivity index (χ2n) is 4.98. The largest absolute Gasteiger partial charge is 0.468 e. The fraction of sp³-hybridized carbons (Fsp3) is 0.467. The maximum absolute atomic E-state index is 12.1. The van der Waals surface area contributed by atoms with E-state index in [-0.39, 0.29) is 31.0 Å². The summed E-state index contributed by atoms with van der Waals surface area (Å²) in [6.07, 6.45) is 0. The Balaban J connectivity index is 2.67. The van der Waals surface area contributed by atoms with Gasteiger partial charge in [-0.1, -0.05) is 18.2 Å². The molecule has 3 N–H and O–H groups in total. The second-order valence-corrected chi connectivity index (χ2v) is 4.98. The van der Waals surface area contributed by atoms with Gasteiger partial charge in [-0.2, -0.15) is 0 Å². The van der Waals surface area contributed by atoms with Crippen LogP contribution < -0.4 is 11.1 Å². The van der Waals surface area contributed by atoms with Gasteiger partial charge in [-0.3, -0.25) is 14.5 Å². The number of esters is 1. The van der Waals surface area contributed by atoms with Crippen LogP contribution in [0.4, 0.5) is 5.69 Å². The standard InChI is InChI=1S/C15H23N3O3/c1-11(2)18(10-15(20)21-3)9-14(19)17-13-7-5-4-6-12(13)8-16/h4-7,11H,8-10,16H2,1-3H3,(H,17,19). The minimum Gasteiger partial charge on any atom is -0.468 e. The molecule has 0 heterocycles. The van der Waals surface area contributed by atoms with Crippen LogP contribution in [0.25, 0.3) is 0 Å². The molecular formula is C15H23N3O3. The number of para-hydroxylation sites is 1. The van der Waals surface area contributed by atoms with Crippen LogP contribution in [-0.2, 0) is 20.9 Å². The lowest BCUT2D eigenvalue weighted by atomic mass is 10.2. The van der Waals surface area contributed by atoms with E-state index in [1.165, 1.54) is 7.11 Å². The van der Waals surface area contributed by atoms with Crippen LogP contribution in [0.15, 0.2) is 24.3 Å². The van der Waals surface area contributed by atoms with Crippen molar-refractivity contribution in [3.63, 3.8) is 0 Å². The maximum Gasteiger partial charge on any atom is 0.319 e. The summed E-state index contributed by atoms with van der Waals surface area (Å²) in [7, 11) is 1.33. The van der Waals surface area contributed by atoms with E-state index in [9.17, 15) is 9.59 Å². The molecule has 0 fully saturated rings. The Hall–Kier alpha value is -1.92. The molecule has 0 aliphatic rings. The number of anilines is 1. The van der Waals surface area contributed by atoms with Crippen LogP contribution in [0.1, 0.15) is 19.4 Å². The topological polar surface area (TPSA) is 84.7 Å². The predicted octanol–water partition coefficient (Wildman–Crippen LogP) is 0.967. The van der Waals surface area contributed by atoms with Gasteiger partial charge in [-0.15, -0.1) is 0 Å². The first-order valence-electron chi connectivity index (χ1n) is 6.86. The summed E-state index contributed by atoms with van der Waals surface area (Å²) in [4.78, 5) is 25.2. The molecule has 0 saturated heterocycles. The molecule has 1 rings (SSSR count). The summed E-state index contributed by atoms with van der Waals surface area (Å²) in [6.45, 7) is 4.40. The summed E-state index contributed by atoms with van der Waals surface area (Å²) in [5.41, 5.74) is 7.21. The number of rotatable bonds is 7. The van der Waals surface area contributed by atoms with Gasteiger partial charge in [0.1, 0.15) is 0 Å². The Morgan fingerprint density at radius 2 is 1.95 bits per heavy atom. The number of hydrogen-bond donors (Lipinski definition) is 2. The van der Waals surface area contributed by atoms with E-state index >= 15 is 0 Å². The van der Waals surface area contributed by atoms with Crippen LogP contribution in [0.5, 0.6) is 0 Å². The number of carbonyl (C=O) groups is 2. The third-order valence-electron chi connectivity index (χ3n) is 3.15. The molecule has 116 valence electrons. The lowest BCUT2D eigenvalue weighted by Gasteiger charge is -2.24. The van der Waals surface area contributed by atoms with Crippen molar-refractivity contribution < 1.29 is 14.3 Å². The highest BCUT2D eigenvalue weighted by atomic mass is 16.5. The van der Waals surface area contributed by atoms with Crippen LogP contribution in [0.3, 0.4) is 0 Å². The Kier molecular flexibility index (Phi) is 6.84. The van der Waals surface area contributed by atoms with Crippen molar-refractivity contribution in [1.29, 1.82) is 0 Å². The zero-order valence-electron chi connectivity index (χ0n) is 12.8. The molecule has 0 unspecified atom stereocenters. The number of nitrogens with zero attached hydrogens (tertiary/aromatic N) is 1. The highest BCUT2D eigenvalue weighted by molar-refractivity contribution is 5.93. The fourth-order valence-electron chi connectivity index (χ4n) is 1.85. The highest BCUT2D eigenvalue weighted by Gasteiger charge is 2.18. The first-order valence-corrected chi connectivity index (χ1v) is 6.86. The average molecular weight is 293 g/mol. The zero-order chi connectivity index (χ0) is 15.8. The van der Waals surface area contributed by atoms with E-state index in [0.29, 0.717) is 12.2 Å². The van der Waals surface area contributed by atoms with Gasteiger partial charge in [0.15, 0.2) is 0 Å². The van der Waals surface area contributed by atoms with Crippen molar-refractivity contribution in [2.45, 2.75) is 26.4 Å². The summed E-state index contributed by atoms with van der Waals surface area (Å²) >= 11 is 0. The smallest absolute Gasteiger partial charge is 0.319 e. The minimum absolute atomic E-state index is 0.0552. The molecule has 0 aliphatic heterocycles. The van der Waals surface area contributed by atoms with Crippen LogP contribution in [-0.4, -0.2) is 43.0 Å². The van der Waals surface area contributed by atoms with Crippen molar-refractivity contribution in [3.8, 4) is 0 Å². The average Bonchev–Trinajstić information content (AvgIpc) is 2.46. The third-order valence-corrected chi connectivity index (χ3v) is 3.15. The first-order chi connectivity index (χ1) is 9.97. The lowest BCUT2D eigenvalue weighted by Crippen LogP contribution is -2.41. The molecule has 1 aromatic carbocycles. The lowest BCUT2D eigenvalue weighted by molar-refractivity contribution is -0.142. The van der Waals surface area contributed by atoms with Gasteiger partial charge < -0.3 is 15.8 Å². The zero-order valence-corrected chi connectivity index (χ0v) is 12.8. The van der Waals surface area contributed by atoms with Crippen molar-refractivity contribution in [2.24, 2.45) is 5.73 Å². The molecule has 6 nitrogen and oxygen atoms in total. The molecule has 0 spiro atoms. The van der Waals surface area contributed by atoms with Crippen molar-refractivity contribution in [3.05, 3.63) is 29.8 Å². The van der Waals surface area contributed by atoms with Crippen molar-refractivity contribution in [2.75, 3.05) is 25.5 Å². The summed E-state index contributed by atoms with van der Waals surface area (Å²) in [5, 5.41) is 2.83. The van der Waals surface area contributed by atoms with E-state index in [1.54, 1.807) is 11.0 Å². The summed E-state index contributed by atoms with van der Waals surface area (Å²) < 4.78 is 4.64. The van der Waals surface area contributed by atoms with Gasteiger partial charge in [0.2, 0.25) is 5.91 Å². The Labute approximate surface area is 125 Å². The molecule has 6 heteroatoms. The van der Waals surface area contributed by atoms with E-state index in [0.717, 1.165) is 5.56 Å². The van der Waals surface area contributed by atoms with E-state index in [4.69, 9.17) is 5.73 Å². The number of nitrogens with one attached hydrogen (secondary N) is 1. The van der Waals surface area contributed by atoms with Crippen molar-refractivity contribution >= 4 is 17.6 Å². The molecule has 0 atom stereocenters. The normalized spacial score (nSPS) is 10.8. The molecule has 1 amide bonds. The van der Waals surface area contributed by atoms with E-state index in [1.807, 2.05) is 32.0 Å². The first kappa shape index (κ1) is 17.1. The molecule has 0 aliphatic carbocycles. The van der Waals surface area contributed by atoms with Gasteiger partial charge >= 0.3 is 5.97 Å². The van der Waals surface area contributed by atoms with Crippen LogP contribution >= 0.6 is 0 Å². The molecular weight excluding hydrogens is 270 g/mol. The predicted molar refractivity (Wildman–Crippen MR) is 81.7 cm³/mol. The maximum atomic E-state index is 12.1. The van der Waals surface area contributed by atoms with Gasteiger partial charge in [-0.25, -0.2) is 0 Å². The van der Waals surface area contributed by atoms with Gasteiger partial charge in [0.05, 0.1) is 20.2 Å². The van der Waals surface area contributed by atoms with Crippen LogP contribution in [0.2, 0.25) is 0 Å². The highest BCUT2D eigenvalue weighted by Crippen LogP contribution is 2.14. The van der Waals surface area contributed by atoms with Gasteiger partial charge in [-0.05, 0) is 25.5 Å². The number of hydrogen-bond acceptors (Lipinski definition) is 5. The Bertz CT molecular complexity index is 489. The van der Waals surface area contributed by atoms with Gasteiger partial charge in [0.25, 0.3) is 0 Å². The number of benzene rings is 1.